The van der Waals surface area contributed by atoms with Crippen LogP contribution >= 0.6 is 15.9 Å². The maximum absolute atomic E-state index is 13.3. The van der Waals surface area contributed by atoms with Crippen molar-refractivity contribution in [1.82, 2.24) is 0 Å². The van der Waals surface area contributed by atoms with E-state index >= 15 is 0 Å². The Labute approximate surface area is 95.6 Å². The molecule has 0 saturated heterocycles. The van der Waals surface area contributed by atoms with E-state index in [-0.39, 0.29) is 5.75 Å². The summed E-state index contributed by atoms with van der Waals surface area (Å²) in [6.45, 7) is 0.412. The molecule has 15 heavy (non-hydrogen) atoms. The number of benzene rings is 1. The third-order valence-corrected chi connectivity index (χ3v) is 3.11. The summed E-state index contributed by atoms with van der Waals surface area (Å²) in [7, 11) is 0. The van der Waals surface area contributed by atoms with Gasteiger partial charge in [0.05, 0.1) is 6.61 Å². The van der Waals surface area contributed by atoms with E-state index in [1.807, 2.05) is 0 Å². The maximum Gasteiger partial charge on any atom is 0.190 e. The highest BCUT2D eigenvalue weighted by Gasteiger charge is 2.20. The van der Waals surface area contributed by atoms with Crippen LogP contribution in [0.1, 0.15) is 19.3 Å². The van der Waals surface area contributed by atoms with Crippen molar-refractivity contribution in [2.45, 2.75) is 19.3 Å². The molecular weight excluding hydrogens is 266 g/mol. The van der Waals surface area contributed by atoms with Gasteiger partial charge in [0.25, 0.3) is 0 Å². The molecule has 82 valence electrons. The summed E-state index contributed by atoms with van der Waals surface area (Å²) in [4.78, 5) is 0. The van der Waals surface area contributed by atoms with Gasteiger partial charge in [-0.15, -0.1) is 0 Å². The molecule has 0 unspecified atom stereocenters. The highest BCUT2D eigenvalue weighted by Crippen LogP contribution is 2.30. The molecule has 1 fully saturated rings. The van der Waals surface area contributed by atoms with Crippen molar-refractivity contribution in [3.8, 4) is 5.75 Å². The zero-order chi connectivity index (χ0) is 10.8. The summed E-state index contributed by atoms with van der Waals surface area (Å²) in [5.74, 6) is -1.10. The number of rotatable bonds is 3. The van der Waals surface area contributed by atoms with Gasteiger partial charge in [-0.1, -0.05) is 22.4 Å². The first kappa shape index (κ1) is 10.9. The Bertz CT molecular complexity index is 341. The summed E-state index contributed by atoms with van der Waals surface area (Å²) in [6.07, 6.45) is 3.39. The molecule has 2 rings (SSSR count). The van der Waals surface area contributed by atoms with Gasteiger partial charge in [-0.2, -0.15) is 0 Å². The molecule has 1 aromatic carbocycles. The average molecular weight is 277 g/mol. The van der Waals surface area contributed by atoms with E-state index in [0.717, 1.165) is 12.8 Å². The van der Waals surface area contributed by atoms with Crippen molar-refractivity contribution in [3.63, 3.8) is 0 Å². The predicted octanol–water partition coefficient (Wildman–Crippen LogP) is 3.91. The fraction of sp³-hybridized carbons (Fsp3) is 0.455. The minimum Gasteiger partial charge on any atom is -0.487 e. The largest absolute Gasteiger partial charge is 0.487 e. The summed E-state index contributed by atoms with van der Waals surface area (Å²) in [5, 5.41) is 0. The molecule has 1 aromatic rings. The fourth-order valence-corrected chi connectivity index (χ4v) is 1.93. The van der Waals surface area contributed by atoms with Crippen LogP contribution in [0.5, 0.6) is 5.75 Å². The molecule has 1 aliphatic rings. The second kappa shape index (κ2) is 4.47. The molecule has 1 saturated carbocycles. The Morgan fingerprint density at radius 2 is 1.87 bits per heavy atom. The van der Waals surface area contributed by atoms with Gasteiger partial charge in [0.2, 0.25) is 0 Å². The van der Waals surface area contributed by atoms with E-state index in [1.54, 1.807) is 0 Å². The summed E-state index contributed by atoms with van der Waals surface area (Å²) in [5.41, 5.74) is 0. The third kappa shape index (κ3) is 2.48. The molecule has 0 radical (unpaired) electrons. The SMILES string of the molecule is Fc1cc(Br)cc(F)c1OCC1CCC1. The van der Waals surface area contributed by atoms with Crippen molar-refractivity contribution in [2.75, 3.05) is 6.61 Å². The quantitative estimate of drug-likeness (QED) is 0.814. The molecule has 0 spiro atoms. The molecule has 0 N–H and O–H groups in total. The predicted molar refractivity (Wildman–Crippen MR) is 56.9 cm³/mol. The molecule has 1 nitrogen and oxygen atoms in total. The number of hydrogen-bond acceptors (Lipinski definition) is 1. The van der Waals surface area contributed by atoms with Gasteiger partial charge in [-0.25, -0.2) is 8.78 Å². The Morgan fingerprint density at radius 1 is 1.27 bits per heavy atom. The van der Waals surface area contributed by atoms with Crippen LogP contribution in [0.25, 0.3) is 0 Å². The van der Waals surface area contributed by atoms with E-state index in [1.165, 1.54) is 18.6 Å². The van der Waals surface area contributed by atoms with Crippen LogP contribution < -0.4 is 4.74 Å². The lowest BCUT2D eigenvalue weighted by molar-refractivity contribution is 0.170. The normalized spacial score (nSPS) is 16.2. The van der Waals surface area contributed by atoms with Crippen LogP contribution in [0.15, 0.2) is 16.6 Å². The van der Waals surface area contributed by atoms with Gasteiger partial charge < -0.3 is 4.74 Å². The maximum atomic E-state index is 13.3. The van der Waals surface area contributed by atoms with Crippen molar-refractivity contribution in [1.29, 1.82) is 0 Å². The van der Waals surface area contributed by atoms with Gasteiger partial charge in [-0.05, 0) is 30.9 Å². The molecule has 1 aliphatic carbocycles. The fourth-order valence-electron chi connectivity index (χ4n) is 1.53. The van der Waals surface area contributed by atoms with Crippen molar-refractivity contribution in [2.24, 2.45) is 5.92 Å². The van der Waals surface area contributed by atoms with Crippen LogP contribution in [0, 0.1) is 17.6 Å². The number of hydrogen-bond donors (Lipinski definition) is 0. The van der Waals surface area contributed by atoms with Crippen molar-refractivity contribution < 1.29 is 13.5 Å². The van der Waals surface area contributed by atoms with E-state index in [0.29, 0.717) is 17.0 Å². The van der Waals surface area contributed by atoms with Crippen LogP contribution in [-0.4, -0.2) is 6.61 Å². The van der Waals surface area contributed by atoms with Crippen LogP contribution in [0.2, 0.25) is 0 Å². The topological polar surface area (TPSA) is 9.23 Å². The number of halogens is 3. The zero-order valence-electron chi connectivity index (χ0n) is 8.10. The van der Waals surface area contributed by atoms with Gasteiger partial charge in [0.1, 0.15) is 0 Å². The second-order valence-corrected chi connectivity index (χ2v) is 4.72. The van der Waals surface area contributed by atoms with Gasteiger partial charge in [0.15, 0.2) is 17.4 Å². The summed E-state index contributed by atoms with van der Waals surface area (Å²) in [6, 6.07) is 2.42. The number of ether oxygens (including phenoxy) is 1. The minimum atomic E-state index is -0.652. The zero-order valence-corrected chi connectivity index (χ0v) is 9.69. The lowest BCUT2D eigenvalue weighted by atomic mass is 9.86. The Kier molecular flexibility index (Phi) is 3.24. The van der Waals surface area contributed by atoms with E-state index in [2.05, 4.69) is 15.9 Å². The van der Waals surface area contributed by atoms with E-state index in [4.69, 9.17) is 4.74 Å². The van der Waals surface area contributed by atoms with Gasteiger partial charge in [0, 0.05) is 4.47 Å². The van der Waals surface area contributed by atoms with Gasteiger partial charge >= 0.3 is 0 Å². The van der Waals surface area contributed by atoms with Crippen LogP contribution in [0.4, 0.5) is 8.78 Å². The van der Waals surface area contributed by atoms with Crippen LogP contribution in [-0.2, 0) is 0 Å². The van der Waals surface area contributed by atoms with E-state index < -0.39 is 11.6 Å². The first-order valence-electron chi connectivity index (χ1n) is 4.94. The average Bonchev–Trinajstić information content (AvgIpc) is 2.06. The first-order chi connectivity index (χ1) is 7.16. The Balaban J connectivity index is 2.05. The van der Waals surface area contributed by atoms with Gasteiger partial charge in [-0.3, -0.25) is 0 Å². The Hall–Kier alpha value is -0.640. The molecular formula is C11H11BrF2O. The van der Waals surface area contributed by atoms with Crippen molar-refractivity contribution in [3.05, 3.63) is 28.2 Å². The molecule has 0 amide bonds. The molecule has 0 aromatic heterocycles. The molecule has 0 bridgehead atoms. The van der Waals surface area contributed by atoms with Crippen LogP contribution in [0.3, 0.4) is 0 Å². The standard InChI is InChI=1S/C11H11BrF2O/c12-8-4-9(13)11(10(14)5-8)15-6-7-2-1-3-7/h4-5,7H,1-3,6H2. The monoisotopic (exact) mass is 276 g/mol. The molecule has 0 atom stereocenters. The summed E-state index contributed by atoms with van der Waals surface area (Å²) >= 11 is 3.02. The van der Waals surface area contributed by atoms with Crippen molar-refractivity contribution >= 4 is 15.9 Å². The second-order valence-electron chi connectivity index (χ2n) is 3.81. The lowest BCUT2D eigenvalue weighted by Crippen LogP contribution is -2.20. The Morgan fingerprint density at radius 3 is 2.33 bits per heavy atom. The smallest absolute Gasteiger partial charge is 0.190 e. The lowest BCUT2D eigenvalue weighted by Gasteiger charge is -2.25. The minimum absolute atomic E-state index is 0.259. The molecule has 0 aliphatic heterocycles. The third-order valence-electron chi connectivity index (χ3n) is 2.65. The highest BCUT2D eigenvalue weighted by molar-refractivity contribution is 9.10. The van der Waals surface area contributed by atoms with E-state index in [9.17, 15) is 8.78 Å². The summed E-state index contributed by atoms with van der Waals surface area (Å²) < 4.78 is 32.1. The first-order valence-corrected chi connectivity index (χ1v) is 5.73. The highest BCUT2D eigenvalue weighted by atomic mass is 79.9. The molecule has 0 heterocycles. The molecule has 4 heteroatoms.